The molecule has 4 N–H and O–H groups in total. The van der Waals surface area contributed by atoms with Crippen molar-refractivity contribution >= 4 is 52.8 Å². The lowest BCUT2D eigenvalue weighted by Crippen LogP contribution is -2.81. The van der Waals surface area contributed by atoms with E-state index < -0.39 is 28.9 Å². The first-order valence-corrected chi connectivity index (χ1v) is 12.2. The molecule has 15 nitrogen and oxygen atoms in total. The van der Waals surface area contributed by atoms with Gasteiger partial charge in [0, 0.05) is 25.7 Å². The Bertz CT molecular complexity index is 1280. The van der Waals surface area contributed by atoms with Crippen LogP contribution in [0.3, 0.4) is 0 Å². The molecule has 36 heavy (non-hydrogen) atoms. The summed E-state index contributed by atoms with van der Waals surface area (Å²) in [5, 5.41) is 27.0. The van der Waals surface area contributed by atoms with Crippen LogP contribution in [0, 0.1) is 0 Å². The number of β-lactam (4-membered cyclic amide) rings is 1. The largest absolute Gasteiger partial charge is 0.477 e. The molecule has 0 aromatic carbocycles. The lowest BCUT2D eigenvalue weighted by atomic mass is 9.98. The van der Waals surface area contributed by atoms with Gasteiger partial charge in [0.25, 0.3) is 17.5 Å². The van der Waals surface area contributed by atoms with Crippen molar-refractivity contribution in [2.24, 2.45) is 12.2 Å². The molecule has 2 amide bonds. The predicted molar refractivity (Wildman–Crippen MR) is 127 cm³/mol. The number of amides is 2. The minimum atomic E-state index is -1.83. The highest BCUT2D eigenvalue weighted by atomic mass is 32.2. The molecule has 0 radical (unpaired) electrons. The number of nitrogens with one attached hydrogen (secondary N) is 1. The average molecular weight is 536 g/mol. The van der Waals surface area contributed by atoms with E-state index in [0.29, 0.717) is 10.7 Å². The zero-order valence-electron chi connectivity index (χ0n) is 19.2. The van der Waals surface area contributed by atoms with Crippen molar-refractivity contribution in [3.05, 3.63) is 35.2 Å². The summed E-state index contributed by atoms with van der Waals surface area (Å²) in [7, 11) is 4.16. The first kappa shape index (κ1) is 25.4. The van der Waals surface area contributed by atoms with Crippen molar-refractivity contribution in [3.63, 3.8) is 0 Å². The number of aryl methyl sites for hydroxylation is 1. The number of carboxylic acids is 1. The Labute approximate surface area is 212 Å². The summed E-state index contributed by atoms with van der Waals surface area (Å²) in [5.41, 5.74) is 4.09. The van der Waals surface area contributed by atoms with Gasteiger partial charge in [0.2, 0.25) is 5.16 Å². The highest BCUT2D eigenvalue weighted by Gasteiger charge is 2.66. The maximum atomic E-state index is 13.3. The number of thioether (sulfide) groups is 2. The van der Waals surface area contributed by atoms with Gasteiger partial charge in [-0.1, -0.05) is 23.0 Å². The number of carboxylic acid groups (broad SMARTS) is 1. The normalized spacial score (nSPS) is 21.6. The van der Waals surface area contributed by atoms with Gasteiger partial charge in [-0.05, 0) is 28.1 Å². The zero-order chi connectivity index (χ0) is 26.0. The zero-order valence-corrected chi connectivity index (χ0v) is 20.9. The van der Waals surface area contributed by atoms with E-state index in [2.05, 4.69) is 31.0 Å². The van der Waals surface area contributed by atoms with E-state index in [0.717, 1.165) is 4.90 Å². The highest BCUT2D eigenvalue weighted by Crippen LogP contribution is 2.47. The molecule has 0 aliphatic carbocycles. The molecule has 2 aliphatic heterocycles. The molecular weight excluding hydrogens is 514 g/mol. The number of nitrogens with zero attached hydrogens (tertiary/aromatic N) is 7. The quantitative estimate of drug-likeness (QED) is 0.117. The van der Waals surface area contributed by atoms with E-state index in [1.165, 1.54) is 54.6 Å². The number of hydrogen-bond donors (Lipinski definition) is 3. The minimum absolute atomic E-state index is 0.115. The summed E-state index contributed by atoms with van der Waals surface area (Å²) in [5.74, 6) is -2.17. The van der Waals surface area contributed by atoms with Gasteiger partial charge in [0.05, 0.1) is 0 Å². The van der Waals surface area contributed by atoms with E-state index >= 15 is 0 Å². The van der Waals surface area contributed by atoms with Gasteiger partial charge in [-0.3, -0.25) is 14.5 Å². The third-order valence-electron chi connectivity index (χ3n) is 5.30. The number of carbonyl (C=O) groups excluding carboxylic acids is 2. The van der Waals surface area contributed by atoms with Gasteiger partial charge in [-0.15, -0.1) is 16.9 Å². The standard InChI is InChI=1S/C19H21N9O6S2/c1-27-18(23-25-26-27)36-8-9-7-35-17-19(33-2,16(32)28(17)13(9)15(30)31)22-14(29)12(24-34-3)10-5-4-6-11(20)21-10/h4-6,17H,7-8H2,1-3H3,(H2,20,21)(H,22,29)(H,30,31)/b24-12+. The van der Waals surface area contributed by atoms with Crippen LogP contribution in [0.15, 0.2) is 39.8 Å². The number of carbonyl (C=O) groups is 3. The summed E-state index contributed by atoms with van der Waals surface area (Å²) in [4.78, 5) is 48.6. The second kappa shape index (κ2) is 10.1. The molecule has 2 aromatic heterocycles. The fraction of sp³-hybridized carbons (Fsp3) is 0.368. The topological polar surface area (TPSA) is 200 Å². The molecule has 4 rings (SSSR count). The van der Waals surface area contributed by atoms with E-state index in [1.807, 2.05) is 0 Å². The van der Waals surface area contributed by atoms with Crippen LogP contribution in [-0.2, 0) is 31.0 Å². The average Bonchev–Trinajstić information content (AvgIpc) is 3.27. The first-order valence-electron chi connectivity index (χ1n) is 10.2. The third-order valence-corrected chi connectivity index (χ3v) is 7.77. The van der Waals surface area contributed by atoms with E-state index in [4.69, 9.17) is 15.3 Å². The molecule has 17 heteroatoms. The highest BCUT2D eigenvalue weighted by molar-refractivity contribution is 8.01. The molecule has 2 atom stereocenters. The number of aromatic nitrogens is 5. The van der Waals surface area contributed by atoms with Crippen LogP contribution < -0.4 is 11.1 Å². The molecule has 4 heterocycles. The summed E-state index contributed by atoms with van der Waals surface area (Å²) in [6.45, 7) is 0. The Hall–Kier alpha value is -3.70. The van der Waals surface area contributed by atoms with Crippen molar-refractivity contribution in [2.45, 2.75) is 16.3 Å². The molecule has 0 saturated carbocycles. The van der Waals surface area contributed by atoms with Crippen LogP contribution in [0.25, 0.3) is 0 Å². The molecule has 2 aliphatic rings. The minimum Gasteiger partial charge on any atom is -0.477 e. The van der Waals surface area contributed by atoms with Crippen molar-refractivity contribution in [2.75, 3.05) is 31.5 Å². The van der Waals surface area contributed by atoms with Gasteiger partial charge >= 0.3 is 5.97 Å². The maximum absolute atomic E-state index is 13.3. The van der Waals surface area contributed by atoms with Gasteiger partial charge in [0.15, 0.2) is 5.71 Å². The summed E-state index contributed by atoms with van der Waals surface area (Å²) in [6.07, 6.45) is 0. The molecule has 1 fully saturated rings. The van der Waals surface area contributed by atoms with Crippen LogP contribution in [0.2, 0.25) is 0 Å². The maximum Gasteiger partial charge on any atom is 0.352 e. The van der Waals surface area contributed by atoms with Crippen molar-refractivity contribution < 1.29 is 29.1 Å². The molecule has 0 spiro atoms. The number of oxime groups is 1. The van der Waals surface area contributed by atoms with Crippen LogP contribution >= 0.6 is 23.5 Å². The monoisotopic (exact) mass is 535 g/mol. The number of pyridine rings is 1. The van der Waals surface area contributed by atoms with Crippen LogP contribution in [0.4, 0.5) is 5.82 Å². The third kappa shape index (κ3) is 4.35. The lowest BCUT2D eigenvalue weighted by molar-refractivity contribution is -0.191. The van der Waals surface area contributed by atoms with Crippen LogP contribution in [0.1, 0.15) is 5.69 Å². The number of ether oxygens (including phenoxy) is 1. The van der Waals surface area contributed by atoms with E-state index in [9.17, 15) is 19.5 Å². The summed E-state index contributed by atoms with van der Waals surface area (Å²) >= 11 is 2.49. The molecule has 2 aromatic rings. The van der Waals surface area contributed by atoms with E-state index in [1.54, 1.807) is 13.1 Å². The first-order chi connectivity index (χ1) is 17.2. The molecule has 190 valence electrons. The number of rotatable bonds is 9. The fourth-order valence-electron chi connectivity index (χ4n) is 3.66. The second-order valence-corrected chi connectivity index (χ2v) is 9.44. The Morgan fingerprint density at radius 2 is 2.19 bits per heavy atom. The number of hydrogen-bond acceptors (Lipinski definition) is 13. The lowest BCUT2D eigenvalue weighted by Gasteiger charge is -2.55. The van der Waals surface area contributed by atoms with Crippen LogP contribution in [0.5, 0.6) is 0 Å². The fourth-order valence-corrected chi connectivity index (χ4v) is 6.08. The van der Waals surface area contributed by atoms with Crippen LogP contribution in [-0.4, -0.2) is 95.5 Å². The molecule has 2 unspecified atom stereocenters. The Balaban J connectivity index is 1.59. The molecular formula is C19H21N9O6S2. The summed E-state index contributed by atoms with van der Waals surface area (Å²) in [6, 6.07) is 4.61. The Kier molecular flexibility index (Phi) is 7.14. The van der Waals surface area contributed by atoms with Crippen molar-refractivity contribution in [1.29, 1.82) is 0 Å². The summed E-state index contributed by atoms with van der Waals surface area (Å²) < 4.78 is 6.93. The van der Waals surface area contributed by atoms with E-state index in [-0.39, 0.29) is 34.4 Å². The van der Waals surface area contributed by atoms with Crippen molar-refractivity contribution in [1.82, 2.24) is 35.4 Å². The van der Waals surface area contributed by atoms with Crippen molar-refractivity contribution in [3.8, 4) is 0 Å². The number of nitrogens with two attached hydrogens (primary N) is 1. The number of anilines is 1. The van der Waals surface area contributed by atoms with Gasteiger partial charge in [0.1, 0.15) is 29.7 Å². The number of fused-ring (bicyclic) bond motifs is 1. The van der Waals surface area contributed by atoms with Gasteiger partial charge in [-0.2, -0.15) is 0 Å². The van der Waals surface area contributed by atoms with Gasteiger partial charge in [-0.25, -0.2) is 14.5 Å². The molecule has 1 saturated heterocycles. The second-order valence-electron chi connectivity index (χ2n) is 7.43. The Morgan fingerprint density at radius 3 is 2.81 bits per heavy atom. The number of tetrazole rings is 1. The number of methoxy groups -OCH3 is 1. The SMILES string of the molecule is CO/N=C(/C(=O)NC1(OC)C(=O)N2C(C(=O)O)=C(CSc3nnnn3C)CSC21)c1cccc(N)n1. The molecule has 0 bridgehead atoms. The van der Waals surface area contributed by atoms with Gasteiger partial charge < -0.3 is 25.7 Å². The predicted octanol–water partition coefficient (Wildman–Crippen LogP) is -0.957. The smallest absolute Gasteiger partial charge is 0.352 e. The number of nitrogen functional groups attached to an aromatic ring is 1. The Morgan fingerprint density at radius 1 is 1.42 bits per heavy atom. The number of aliphatic carboxylic acids is 1.